The summed E-state index contributed by atoms with van der Waals surface area (Å²) in [6.45, 7) is 3.60. The van der Waals surface area contributed by atoms with Gasteiger partial charge in [0.1, 0.15) is 5.82 Å². The Hall–Kier alpha value is -1.77. The Morgan fingerprint density at radius 3 is 2.78 bits per heavy atom. The van der Waals surface area contributed by atoms with Crippen LogP contribution in [0.25, 0.3) is 0 Å². The molecule has 8 nitrogen and oxygen atoms in total. The van der Waals surface area contributed by atoms with E-state index in [4.69, 9.17) is 10.9 Å². The number of nitrogens with one attached hydrogen (secondary N) is 1. The van der Waals surface area contributed by atoms with Crippen LogP contribution in [-0.4, -0.2) is 35.0 Å². The average molecular weight is 275 g/mol. The fourth-order valence-electron chi connectivity index (χ4n) is 1.43. The average Bonchev–Trinajstić information content (AvgIpc) is 2.57. The van der Waals surface area contributed by atoms with Gasteiger partial charge in [-0.25, -0.2) is 8.42 Å². The van der Waals surface area contributed by atoms with Crippen molar-refractivity contribution in [3.63, 3.8) is 0 Å². The van der Waals surface area contributed by atoms with Crippen LogP contribution in [0.5, 0.6) is 0 Å². The van der Waals surface area contributed by atoms with Crippen molar-refractivity contribution in [3.05, 3.63) is 11.8 Å². The molecule has 0 bridgehead atoms. The second-order valence-electron chi connectivity index (χ2n) is 4.29. The lowest BCUT2D eigenvalue weighted by Gasteiger charge is -2.11. The van der Waals surface area contributed by atoms with Crippen molar-refractivity contribution in [2.24, 2.45) is 23.9 Å². The fourth-order valence-corrected chi connectivity index (χ4v) is 2.93. The molecular formula is C9H17N5O3S. The van der Waals surface area contributed by atoms with Gasteiger partial charge in [-0.2, -0.15) is 5.10 Å². The van der Waals surface area contributed by atoms with E-state index in [1.165, 1.54) is 10.9 Å². The molecule has 1 aromatic heterocycles. The van der Waals surface area contributed by atoms with Gasteiger partial charge in [-0.3, -0.25) is 9.40 Å². The van der Waals surface area contributed by atoms with Crippen molar-refractivity contribution in [3.8, 4) is 0 Å². The first-order chi connectivity index (χ1) is 8.26. The van der Waals surface area contributed by atoms with Gasteiger partial charge in [0, 0.05) is 7.05 Å². The summed E-state index contributed by atoms with van der Waals surface area (Å²) in [5.41, 5.74) is 5.67. The standard InChI is InChI=1S/C9H17N5O3S/c1-6(2)5-18(16,17)13-9-7(8(10)12-15)4-11-14(9)3/h4,6,13,15H,5H2,1-3H3,(H2,10,12). The van der Waals surface area contributed by atoms with Crippen molar-refractivity contribution in [1.29, 1.82) is 0 Å². The topological polar surface area (TPSA) is 123 Å². The van der Waals surface area contributed by atoms with Crippen LogP contribution in [0.4, 0.5) is 5.82 Å². The Kier molecular flexibility index (Phi) is 4.17. The van der Waals surface area contributed by atoms with E-state index >= 15 is 0 Å². The van der Waals surface area contributed by atoms with Gasteiger partial charge in [0.25, 0.3) is 0 Å². The second-order valence-corrected chi connectivity index (χ2v) is 6.06. The van der Waals surface area contributed by atoms with Gasteiger partial charge in [0.05, 0.1) is 17.5 Å². The zero-order valence-corrected chi connectivity index (χ0v) is 11.3. The first kappa shape index (κ1) is 14.3. The predicted molar refractivity (Wildman–Crippen MR) is 68.0 cm³/mol. The van der Waals surface area contributed by atoms with E-state index in [1.807, 2.05) is 0 Å². The van der Waals surface area contributed by atoms with E-state index in [1.54, 1.807) is 20.9 Å². The quantitative estimate of drug-likeness (QED) is 0.300. The molecule has 9 heteroatoms. The van der Waals surface area contributed by atoms with Crippen LogP contribution in [0, 0.1) is 5.92 Å². The van der Waals surface area contributed by atoms with Crippen molar-refractivity contribution < 1.29 is 13.6 Å². The number of rotatable bonds is 5. The Morgan fingerprint density at radius 1 is 1.67 bits per heavy atom. The summed E-state index contributed by atoms with van der Waals surface area (Å²) in [5, 5.41) is 15.3. The number of nitrogens with two attached hydrogens (primary N) is 1. The van der Waals surface area contributed by atoms with Gasteiger partial charge < -0.3 is 10.9 Å². The largest absolute Gasteiger partial charge is 0.409 e. The zero-order chi connectivity index (χ0) is 13.9. The Labute approximate surface area is 106 Å². The summed E-state index contributed by atoms with van der Waals surface area (Å²) in [7, 11) is -1.94. The number of oxime groups is 1. The highest BCUT2D eigenvalue weighted by molar-refractivity contribution is 7.92. The molecule has 0 saturated heterocycles. The molecule has 0 saturated carbocycles. The maximum Gasteiger partial charge on any atom is 0.234 e. The maximum atomic E-state index is 11.8. The number of anilines is 1. The molecule has 0 fully saturated rings. The van der Waals surface area contributed by atoms with Crippen molar-refractivity contribution in [1.82, 2.24) is 9.78 Å². The summed E-state index contributed by atoms with van der Waals surface area (Å²) in [5.74, 6) is -0.0623. The lowest BCUT2D eigenvalue weighted by Crippen LogP contribution is -2.24. The second kappa shape index (κ2) is 5.25. The minimum atomic E-state index is -3.49. The van der Waals surface area contributed by atoms with E-state index in [9.17, 15) is 8.42 Å². The predicted octanol–water partition coefficient (Wildman–Crippen LogP) is -0.0877. The number of nitrogens with zero attached hydrogens (tertiary/aromatic N) is 3. The van der Waals surface area contributed by atoms with Gasteiger partial charge in [-0.05, 0) is 5.92 Å². The molecule has 0 amide bonds. The maximum absolute atomic E-state index is 11.8. The molecule has 18 heavy (non-hydrogen) atoms. The number of amidine groups is 1. The summed E-state index contributed by atoms with van der Waals surface area (Å²) < 4.78 is 27.3. The van der Waals surface area contributed by atoms with Gasteiger partial charge >= 0.3 is 0 Å². The smallest absolute Gasteiger partial charge is 0.234 e. The van der Waals surface area contributed by atoms with Gasteiger partial charge in [0.2, 0.25) is 10.0 Å². The first-order valence-electron chi connectivity index (χ1n) is 5.27. The zero-order valence-electron chi connectivity index (χ0n) is 10.5. The SMILES string of the molecule is CC(C)CS(=O)(=O)Nc1c(C(N)=NO)cnn1C. The summed E-state index contributed by atoms with van der Waals surface area (Å²) >= 11 is 0. The molecule has 1 aromatic rings. The van der Waals surface area contributed by atoms with Crippen LogP contribution in [0.3, 0.4) is 0 Å². The molecular weight excluding hydrogens is 258 g/mol. The molecule has 0 aromatic carbocycles. The van der Waals surface area contributed by atoms with E-state index in [0.29, 0.717) is 0 Å². The number of hydrogen-bond donors (Lipinski definition) is 3. The van der Waals surface area contributed by atoms with Crippen LogP contribution in [0.15, 0.2) is 11.4 Å². The monoisotopic (exact) mass is 275 g/mol. The molecule has 0 aliphatic rings. The van der Waals surface area contributed by atoms with Gasteiger partial charge in [0.15, 0.2) is 5.84 Å². The van der Waals surface area contributed by atoms with Crippen molar-refractivity contribution in [2.45, 2.75) is 13.8 Å². The number of hydrogen-bond acceptors (Lipinski definition) is 5. The van der Waals surface area contributed by atoms with Crippen LogP contribution in [0.2, 0.25) is 0 Å². The summed E-state index contributed by atoms with van der Waals surface area (Å²) in [4.78, 5) is 0. The van der Waals surface area contributed by atoms with Crippen LogP contribution >= 0.6 is 0 Å². The highest BCUT2D eigenvalue weighted by atomic mass is 32.2. The Bertz CT molecular complexity index is 547. The van der Waals surface area contributed by atoms with Gasteiger partial charge in [-0.1, -0.05) is 19.0 Å². The van der Waals surface area contributed by atoms with Crippen LogP contribution in [-0.2, 0) is 17.1 Å². The number of aryl methyl sites for hydroxylation is 1. The summed E-state index contributed by atoms with van der Waals surface area (Å²) in [6.07, 6.45) is 1.32. The summed E-state index contributed by atoms with van der Waals surface area (Å²) in [6, 6.07) is 0. The first-order valence-corrected chi connectivity index (χ1v) is 6.92. The molecule has 0 spiro atoms. The lowest BCUT2D eigenvalue weighted by atomic mass is 10.3. The lowest BCUT2D eigenvalue weighted by molar-refractivity contribution is 0.318. The number of aromatic nitrogens is 2. The molecule has 0 radical (unpaired) electrons. The molecule has 1 heterocycles. The minimum Gasteiger partial charge on any atom is -0.409 e. The fraction of sp³-hybridized carbons (Fsp3) is 0.556. The number of sulfonamides is 1. The van der Waals surface area contributed by atoms with E-state index in [-0.39, 0.29) is 28.9 Å². The molecule has 4 N–H and O–H groups in total. The molecule has 0 atom stereocenters. The highest BCUT2D eigenvalue weighted by Gasteiger charge is 2.19. The van der Waals surface area contributed by atoms with E-state index in [2.05, 4.69) is 15.0 Å². The Balaban J connectivity index is 3.08. The van der Waals surface area contributed by atoms with E-state index in [0.717, 1.165) is 0 Å². The van der Waals surface area contributed by atoms with Crippen molar-refractivity contribution >= 4 is 21.7 Å². The van der Waals surface area contributed by atoms with Crippen LogP contribution in [0.1, 0.15) is 19.4 Å². The van der Waals surface area contributed by atoms with E-state index < -0.39 is 10.0 Å². The van der Waals surface area contributed by atoms with Crippen molar-refractivity contribution in [2.75, 3.05) is 10.5 Å². The van der Waals surface area contributed by atoms with Gasteiger partial charge in [-0.15, -0.1) is 0 Å². The third-order valence-electron chi connectivity index (χ3n) is 2.13. The molecule has 0 unspecified atom stereocenters. The van der Waals surface area contributed by atoms with Crippen LogP contribution < -0.4 is 10.5 Å². The minimum absolute atomic E-state index is 0.0111. The molecule has 1 rings (SSSR count). The molecule has 0 aliphatic carbocycles. The highest BCUT2D eigenvalue weighted by Crippen LogP contribution is 2.16. The molecule has 0 aliphatic heterocycles. The molecule has 102 valence electrons. The third kappa shape index (κ3) is 3.36. The Morgan fingerprint density at radius 2 is 2.28 bits per heavy atom. The normalized spacial score (nSPS) is 13.0. The third-order valence-corrected chi connectivity index (χ3v) is 3.74.